The van der Waals surface area contributed by atoms with Crippen molar-refractivity contribution in [1.29, 1.82) is 0 Å². The zero-order valence-electron chi connectivity index (χ0n) is 15.6. The Bertz CT molecular complexity index is 1150. The largest absolute Gasteiger partial charge is 0.488 e. The van der Waals surface area contributed by atoms with Crippen LogP contribution in [0.5, 0.6) is 5.75 Å². The molecule has 1 aliphatic heterocycles. The molecule has 31 heavy (non-hydrogen) atoms. The van der Waals surface area contributed by atoms with Crippen molar-refractivity contribution < 1.29 is 31.5 Å². The van der Waals surface area contributed by atoms with Crippen LogP contribution in [-0.2, 0) is 4.79 Å². The van der Waals surface area contributed by atoms with Gasteiger partial charge in [0.1, 0.15) is 18.0 Å². The van der Waals surface area contributed by atoms with E-state index in [0.717, 1.165) is 7.14 Å². The van der Waals surface area contributed by atoms with E-state index in [0.29, 0.717) is 11.3 Å². The van der Waals surface area contributed by atoms with Gasteiger partial charge in [-0.2, -0.15) is 10.1 Å². The first-order chi connectivity index (χ1) is 14.6. The van der Waals surface area contributed by atoms with Gasteiger partial charge in [-0.15, -0.1) is 0 Å². The number of ether oxygens (including phenoxy) is 1. The second-order valence-corrected chi connectivity index (χ2v) is 8.59. The summed E-state index contributed by atoms with van der Waals surface area (Å²) in [4.78, 5) is 12.8. The molecule has 162 valence electrons. The molecule has 1 aliphatic rings. The minimum absolute atomic E-state index is 0.0254. The van der Waals surface area contributed by atoms with Crippen LogP contribution < -0.4 is 9.75 Å². The van der Waals surface area contributed by atoms with Crippen molar-refractivity contribution in [2.24, 2.45) is 5.10 Å². The summed E-state index contributed by atoms with van der Waals surface area (Å²) in [5.41, 5.74) is -1.04. The summed E-state index contributed by atoms with van der Waals surface area (Å²) < 4.78 is 76.1. The third-order valence-corrected chi connectivity index (χ3v) is 5.57. The predicted molar refractivity (Wildman–Crippen MR) is 122 cm³/mol. The lowest BCUT2D eigenvalue weighted by Gasteiger charge is -2.15. The molecule has 3 rings (SSSR count). The number of nitrogens with zero attached hydrogens (tertiary/aromatic N) is 2. The fourth-order valence-electron chi connectivity index (χ4n) is 2.75. The summed E-state index contributed by atoms with van der Waals surface area (Å²) in [7, 11) is 0. The lowest BCUT2D eigenvalue weighted by Crippen LogP contribution is -2.25. The van der Waals surface area contributed by atoms with Crippen molar-refractivity contribution in [2.75, 3.05) is 11.6 Å². The molecule has 0 saturated carbocycles. The molecule has 0 bridgehead atoms. The number of carbonyl (C=O) groups excluding carboxylic acids is 1. The molecule has 0 spiro atoms. The quantitative estimate of drug-likeness (QED) is 0.0993. The molecule has 0 aromatic heterocycles. The monoisotopic (exact) mass is 660 g/mol. The summed E-state index contributed by atoms with van der Waals surface area (Å²) in [5, 5.41) is 3.89. The second kappa shape index (κ2) is 9.22. The zero-order chi connectivity index (χ0) is 23.0. The molecule has 0 fully saturated rings. The van der Waals surface area contributed by atoms with Crippen LogP contribution in [0, 0.1) is 36.2 Å². The highest BCUT2D eigenvalue weighted by Crippen LogP contribution is 2.35. The third kappa shape index (κ3) is 4.33. The number of hydrogen-bond donors (Lipinski definition) is 0. The van der Waals surface area contributed by atoms with Crippen molar-refractivity contribution in [2.45, 2.75) is 6.92 Å². The van der Waals surface area contributed by atoms with Crippen LogP contribution in [-0.4, -0.2) is 18.2 Å². The van der Waals surface area contributed by atoms with E-state index in [4.69, 9.17) is 4.74 Å². The van der Waals surface area contributed by atoms with E-state index < -0.39 is 40.7 Å². The maximum absolute atomic E-state index is 14.2. The molecule has 1 heterocycles. The first-order valence-electron chi connectivity index (χ1n) is 8.44. The van der Waals surface area contributed by atoms with Crippen LogP contribution in [0.15, 0.2) is 35.5 Å². The predicted octanol–water partition coefficient (Wildman–Crippen LogP) is 5.96. The standard InChI is InChI=1S/C20H11F5I2N2O2/c1-3-4-31-19-9(5-10(26)7-12(19)27)6-11-8(2)28-29(20(11)30)18-16(24)14(22)13(21)15(23)17(18)25/h3,5-7H,1,4H2,2H3/b11-6-. The summed E-state index contributed by atoms with van der Waals surface area (Å²) in [5.74, 6) is -11.6. The number of carbonyl (C=O) groups is 1. The molecule has 0 aliphatic carbocycles. The van der Waals surface area contributed by atoms with Crippen molar-refractivity contribution >= 4 is 68.6 Å². The molecule has 2 aromatic carbocycles. The molecule has 0 unspecified atom stereocenters. The van der Waals surface area contributed by atoms with Crippen LogP contribution in [0.2, 0.25) is 0 Å². The van der Waals surface area contributed by atoms with Gasteiger partial charge in [0, 0.05) is 9.13 Å². The van der Waals surface area contributed by atoms with Crippen LogP contribution in [0.1, 0.15) is 12.5 Å². The minimum Gasteiger partial charge on any atom is -0.488 e. The van der Waals surface area contributed by atoms with Gasteiger partial charge in [-0.3, -0.25) is 4.79 Å². The van der Waals surface area contributed by atoms with Gasteiger partial charge >= 0.3 is 0 Å². The molecule has 0 atom stereocenters. The number of benzene rings is 2. The van der Waals surface area contributed by atoms with E-state index in [9.17, 15) is 26.7 Å². The number of hydrazone groups is 1. The van der Waals surface area contributed by atoms with E-state index in [1.807, 2.05) is 28.7 Å². The van der Waals surface area contributed by atoms with Crippen LogP contribution in [0.4, 0.5) is 27.6 Å². The molecule has 0 radical (unpaired) electrons. The Morgan fingerprint density at radius 3 is 2.23 bits per heavy atom. The number of anilines is 1. The Morgan fingerprint density at radius 2 is 1.65 bits per heavy atom. The average Bonchev–Trinajstić information content (AvgIpc) is 2.98. The van der Waals surface area contributed by atoms with Crippen molar-refractivity contribution in [3.8, 4) is 5.75 Å². The lowest BCUT2D eigenvalue weighted by molar-refractivity contribution is -0.114. The number of hydrogen-bond acceptors (Lipinski definition) is 3. The SMILES string of the molecule is C=CCOc1c(I)cc(I)cc1/C=C1\C(=O)N(c2c(F)c(F)c(F)c(F)c2F)N=C1C. The van der Waals surface area contributed by atoms with Gasteiger partial charge < -0.3 is 4.74 Å². The van der Waals surface area contributed by atoms with Crippen LogP contribution >= 0.6 is 45.2 Å². The lowest BCUT2D eigenvalue weighted by atomic mass is 10.1. The van der Waals surface area contributed by atoms with E-state index in [-0.39, 0.29) is 22.9 Å². The summed E-state index contributed by atoms with van der Waals surface area (Å²) in [6.45, 7) is 5.14. The van der Waals surface area contributed by atoms with Gasteiger partial charge in [0.25, 0.3) is 5.91 Å². The molecule has 0 N–H and O–H groups in total. The Labute approximate surface area is 200 Å². The maximum Gasteiger partial charge on any atom is 0.280 e. The summed E-state index contributed by atoms with van der Waals surface area (Å²) in [6, 6.07) is 3.54. The molecule has 11 heteroatoms. The maximum atomic E-state index is 14.2. The highest BCUT2D eigenvalue weighted by molar-refractivity contribution is 14.1. The van der Waals surface area contributed by atoms with Gasteiger partial charge in [-0.05, 0) is 70.3 Å². The molecular weight excluding hydrogens is 649 g/mol. The van der Waals surface area contributed by atoms with E-state index in [1.165, 1.54) is 19.1 Å². The fourth-order valence-corrected chi connectivity index (χ4v) is 4.80. The fraction of sp³-hybridized carbons (Fsp3) is 0.100. The highest BCUT2D eigenvalue weighted by Gasteiger charge is 2.37. The number of amides is 1. The smallest absolute Gasteiger partial charge is 0.280 e. The van der Waals surface area contributed by atoms with Gasteiger partial charge in [0.15, 0.2) is 23.3 Å². The minimum atomic E-state index is -2.32. The normalized spacial score (nSPS) is 15.0. The van der Waals surface area contributed by atoms with Crippen LogP contribution in [0.25, 0.3) is 6.08 Å². The highest BCUT2D eigenvalue weighted by atomic mass is 127. The Kier molecular flexibility index (Phi) is 7.03. The van der Waals surface area contributed by atoms with Crippen molar-refractivity contribution in [1.82, 2.24) is 0 Å². The summed E-state index contributed by atoms with van der Waals surface area (Å²) >= 11 is 4.11. The number of halogens is 7. The van der Waals surface area contributed by atoms with Crippen LogP contribution in [0.3, 0.4) is 0 Å². The zero-order valence-corrected chi connectivity index (χ0v) is 19.9. The van der Waals surface area contributed by atoms with Crippen molar-refractivity contribution in [3.63, 3.8) is 0 Å². The first-order valence-corrected chi connectivity index (χ1v) is 10.6. The van der Waals surface area contributed by atoms with Crippen molar-refractivity contribution in [3.05, 3.63) is 72.2 Å². The molecule has 1 amide bonds. The van der Waals surface area contributed by atoms with Gasteiger partial charge in [0.2, 0.25) is 5.82 Å². The first kappa shape index (κ1) is 23.6. The van der Waals surface area contributed by atoms with E-state index in [2.05, 4.69) is 34.3 Å². The summed E-state index contributed by atoms with van der Waals surface area (Å²) in [6.07, 6.45) is 2.92. The van der Waals surface area contributed by atoms with Gasteiger partial charge in [-0.25, -0.2) is 22.0 Å². The number of rotatable bonds is 5. The molecule has 0 saturated heterocycles. The Balaban J connectivity index is 2.12. The average molecular weight is 660 g/mol. The Hall–Kier alpha value is -2.03. The second-order valence-electron chi connectivity index (χ2n) is 6.18. The van der Waals surface area contributed by atoms with Gasteiger partial charge in [0.05, 0.1) is 14.9 Å². The van der Waals surface area contributed by atoms with E-state index in [1.54, 1.807) is 6.07 Å². The topological polar surface area (TPSA) is 41.9 Å². The van der Waals surface area contributed by atoms with E-state index >= 15 is 0 Å². The van der Waals surface area contributed by atoms with Gasteiger partial charge in [-0.1, -0.05) is 12.7 Å². The molecule has 4 nitrogen and oxygen atoms in total. The Morgan fingerprint density at radius 1 is 1.06 bits per heavy atom. The third-order valence-electron chi connectivity index (χ3n) is 4.14. The molecular formula is C20H11F5I2N2O2. The molecule has 2 aromatic rings.